The molecule has 2 amide bonds. The van der Waals surface area contributed by atoms with Gasteiger partial charge in [0.1, 0.15) is 0 Å². The molecule has 0 radical (unpaired) electrons. The number of hydrogen-bond acceptors (Lipinski definition) is 5. The number of carbonyl (C=O) groups excluding carboxylic acids is 3. The Balaban J connectivity index is 1.52. The summed E-state index contributed by atoms with van der Waals surface area (Å²) in [6.07, 6.45) is 4.40. The van der Waals surface area contributed by atoms with Gasteiger partial charge in [0.2, 0.25) is 5.91 Å². The molecule has 140 valence electrons. The summed E-state index contributed by atoms with van der Waals surface area (Å²) < 4.78 is 4.65. The minimum atomic E-state index is -0.418. The fourth-order valence-electron chi connectivity index (χ4n) is 3.07. The summed E-state index contributed by atoms with van der Waals surface area (Å²) >= 11 is 0. The largest absolute Gasteiger partial charge is 0.465 e. The van der Waals surface area contributed by atoms with Crippen molar-refractivity contribution >= 4 is 23.5 Å². The number of nitrogens with zero attached hydrogens (tertiary/aromatic N) is 2. The Morgan fingerprint density at radius 1 is 1.07 bits per heavy atom. The van der Waals surface area contributed by atoms with Crippen LogP contribution < -0.4 is 5.32 Å². The lowest BCUT2D eigenvalue weighted by molar-refractivity contribution is -0.121. The smallest absolute Gasteiger partial charge is 0.337 e. The van der Waals surface area contributed by atoms with Crippen LogP contribution in [0.3, 0.4) is 0 Å². The molecule has 1 aromatic carbocycles. The van der Waals surface area contributed by atoms with Crippen molar-refractivity contribution in [3.8, 4) is 0 Å². The lowest BCUT2D eigenvalue weighted by Crippen LogP contribution is -2.41. The first-order chi connectivity index (χ1) is 13.1. The third kappa shape index (κ3) is 4.49. The van der Waals surface area contributed by atoms with Gasteiger partial charge in [-0.25, -0.2) is 4.79 Å². The number of amides is 2. The van der Waals surface area contributed by atoms with E-state index < -0.39 is 5.97 Å². The van der Waals surface area contributed by atoms with E-state index in [1.165, 1.54) is 7.11 Å². The van der Waals surface area contributed by atoms with E-state index in [-0.39, 0.29) is 17.7 Å². The van der Waals surface area contributed by atoms with E-state index in [9.17, 15) is 14.4 Å². The van der Waals surface area contributed by atoms with E-state index in [1.54, 1.807) is 53.7 Å². The molecular formula is C20H21N3O4. The van der Waals surface area contributed by atoms with E-state index in [2.05, 4.69) is 15.0 Å². The number of likely N-dealkylation sites (tertiary alicyclic amines) is 1. The highest BCUT2D eigenvalue weighted by molar-refractivity contribution is 5.95. The molecule has 2 aromatic rings. The second-order valence-electron chi connectivity index (χ2n) is 6.37. The summed E-state index contributed by atoms with van der Waals surface area (Å²) in [7, 11) is 1.32. The van der Waals surface area contributed by atoms with Gasteiger partial charge in [0.15, 0.2) is 0 Å². The van der Waals surface area contributed by atoms with E-state index in [1.807, 2.05) is 0 Å². The highest BCUT2D eigenvalue weighted by atomic mass is 16.5. The summed E-state index contributed by atoms with van der Waals surface area (Å²) in [4.78, 5) is 42.1. The number of hydrogen-bond donors (Lipinski definition) is 1. The minimum absolute atomic E-state index is 0.0552. The van der Waals surface area contributed by atoms with Gasteiger partial charge in [0.05, 0.1) is 18.2 Å². The highest BCUT2D eigenvalue weighted by Crippen LogP contribution is 2.21. The second kappa shape index (κ2) is 8.44. The van der Waals surface area contributed by atoms with Crippen molar-refractivity contribution in [3.63, 3.8) is 0 Å². The van der Waals surface area contributed by atoms with Crippen molar-refractivity contribution in [2.45, 2.75) is 12.8 Å². The van der Waals surface area contributed by atoms with Crippen LogP contribution in [0.5, 0.6) is 0 Å². The number of aromatic nitrogens is 1. The number of ether oxygens (including phenoxy) is 1. The quantitative estimate of drug-likeness (QED) is 0.838. The van der Waals surface area contributed by atoms with Crippen molar-refractivity contribution in [3.05, 3.63) is 59.9 Å². The van der Waals surface area contributed by atoms with Crippen LogP contribution in [-0.4, -0.2) is 47.9 Å². The molecule has 1 aromatic heterocycles. The zero-order chi connectivity index (χ0) is 19.2. The molecule has 27 heavy (non-hydrogen) atoms. The van der Waals surface area contributed by atoms with Crippen LogP contribution in [0.15, 0.2) is 48.8 Å². The first-order valence-electron chi connectivity index (χ1n) is 8.77. The van der Waals surface area contributed by atoms with Crippen LogP contribution in [0.4, 0.5) is 5.69 Å². The van der Waals surface area contributed by atoms with Gasteiger partial charge in [0.25, 0.3) is 5.91 Å². The first kappa shape index (κ1) is 18.6. The number of nitrogens with one attached hydrogen (secondary N) is 1. The van der Waals surface area contributed by atoms with Crippen molar-refractivity contribution in [2.24, 2.45) is 5.92 Å². The topological polar surface area (TPSA) is 88.6 Å². The Kier molecular flexibility index (Phi) is 5.80. The molecule has 1 N–H and O–H groups in total. The Bertz CT molecular complexity index is 813. The molecule has 1 saturated heterocycles. The summed E-state index contributed by atoms with van der Waals surface area (Å²) in [5.74, 6) is -0.698. The average molecular weight is 367 g/mol. The predicted molar refractivity (Wildman–Crippen MR) is 99.3 cm³/mol. The summed E-state index contributed by atoms with van der Waals surface area (Å²) in [6, 6.07) is 10.0. The van der Waals surface area contributed by atoms with Crippen LogP contribution in [0, 0.1) is 5.92 Å². The fourth-order valence-corrected chi connectivity index (χ4v) is 3.07. The molecule has 0 aliphatic carbocycles. The highest BCUT2D eigenvalue weighted by Gasteiger charge is 2.28. The third-order valence-corrected chi connectivity index (χ3v) is 4.63. The maximum Gasteiger partial charge on any atom is 0.337 e. The molecular weight excluding hydrogens is 346 g/mol. The van der Waals surface area contributed by atoms with E-state index >= 15 is 0 Å². The molecule has 0 spiro atoms. The molecule has 0 bridgehead atoms. The van der Waals surface area contributed by atoms with Crippen molar-refractivity contribution in [1.29, 1.82) is 0 Å². The number of anilines is 1. The molecule has 2 heterocycles. The van der Waals surface area contributed by atoms with Crippen LogP contribution >= 0.6 is 0 Å². The van der Waals surface area contributed by atoms with Crippen LogP contribution in [0.25, 0.3) is 0 Å². The number of esters is 1. The maximum absolute atomic E-state index is 12.5. The van der Waals surface area contributed by atoms with Gasteiger partial charge in [-0.05, 0) is 49.2 Å². The monoisotopic (exact) mass is 367 g/mol. The minimum Gasteiger partial charge on any atom is -0.465 e. The normalized spacial score (nSPS) is 14.5. The Labute approximate surface area is 157 Å². The van der Waals surface area contributed by atoms with Gasteiger partial charge in [-0.15, -0.1) is 0 Å². The van der Waals surface area contributed by atoms with Crippen molar-refractivity contribution in [2.75, 3.05) is 25.5 Å². The standard InChI is InChI=1S/C20H21N3O4/c1-27-20(26)15-4-6-17(7-5-15)22-18(24)14-8-11-23(12-9-14)19(25)16-3-2-10-21-13-16/h2-7,10,13-14H,8-9,11-12H2,1H3,(H,22,24). The number of piperidine rings is 1. The predicted octanol–water partition coefficient (Wildman–Crippen LogP) is 2.36. The molecule has 1 aliphatic heterocycles. The number of pyridine rings is 1. The molecule has 1 fully saturated rings. The fraction of sp³-hybridized carbons (Fsp3) is 0.300. The van der Waals surface area contributed by atoms with Crippen molar-refractivity contribution < 1.29 is 19.1 Å². The summed E-state index contributed by atoms with van der Waals surface area (Å²) in [5, 5.41) is 2.87. The molecule has 0 atom stereocenters. The number of methoxy groups -OCH3 is 1. The van der Waals surface area contributed by atoms with Gasteiger partial charge in [0, 0.05) is 37.1 Å². The maximum atomic E-state index is 12.5. The zero-order valence-corrected chi connectivity index (χ0v) is 15.1. The van der Waals surface area contributed by atoms with Crippen molar-refractivity contribution in [1.82, 2.24) is 9.88 Å². The zero-order valence-electron chi connectivity index (χ0n) is 15.1. The number of benzene rings is 1. The lowest BCUT2D eigenvalue weighted by atomic mass is 9.95. The second-order valence-corrected chi connectivity index (χ2v) is 6.37. The third-order valence-electron chi connectivity index (χ3n) is 4.63. The summed E-state index contributed by atoms with van der Waals surface area (Å²) in [6.45, 7) is 1.07. The van der Waals surface area contributed by atoms with Gasteiger partial charge in [-0.2, -0.15) is 0 Å². The van der Waals surface area contributed by atoms with Gasteiger partial charge < -0.3 is 15.0 Å². The van der Waals surface area contributed by atoms with E-state index in [0.29, 0.717) is 42.7 Å². The van der Waals surface area contributed by atoms with Gasteiger partial charge in [-0.3, -0.25) is 14.6 Å². The van der Waals surface area contributed by atoms with Gasteiger partial charge in [-0.1, -0.05) is 0 Å². The first-order valence-corrected chi connectivity index (χ1v) is 8.77. The number of rotatable bonds is 4. The van der Waals surface area contributed by atoms with Crippen LogP contribution in [0.2, 0.25) is 0 Å². The SMILES string of the molecule is COC(=O)c1ccc(NC(=O)C2CCN(C(=O)c3cccnc3)CC2)cc1. The molecule has 7 nitrogen and oxygen atoms in total. The molecule has 7 heteroatoms. The molecule has 1 aliphatic rings. The molecule has 0 unspecified atom stereocenters. The van der Waals surface area contributed by atoms with Gasteiger partial charge >= 0.3 is 5.97 Å². The summed E-state index contributed by atoms with van der Waals surface area (Å²) in [5.41, 5.74) is 1.62. The van der Waals surface area contributed by atoms with E-state index in [0.717, 1.165) is 0 Å². The lowest BCUT2D eigenvalue weighted by Gasteiger charge is -2.31. The molecule has 0 saturated carbocycles. The van der Waals surface area contributed by atoms with Crippen LogP contribution in [-0.2, 0) is 9.53 Å². The molecule has 3 rings (SSSR count). The Morgan fingerprint density at radius 3 is 2.37 bits per heavy atom. The van der Waals surface area contributed by atoms with Crippen LogP contribution in [0.1, 0.15) is 33.6 Å². The Morgan fingerprint density at radius 2 is 1.78 bits per heavy atom. The number of carbonyl (C=O) groups is 3. The van der Waals surface area contributed by atoms with E-state index in [4.69, 9.17) is 0 Å². The Hall–Kier alpha value is -3.22. The average Bonchev–Trinajstić information content (AvgIpc) is 2.74.